The van der Waals surface area contributed by atoms with E-state index in [1.807, 2.05) is 76.4 Å². The van der Waals surface area contributed by atoms with Crippen LogP contribution in [-0.4, -0.2) is 43.5 Å². The zero-order valence-corrected chi connectivity index (χ0v) is 69.1. The molecule has 0 saturated heterocycles. The first-order valence-electron chi connectivity index (χ1n) is 41.4. The normalized spacial score (nSPS) is 11.8. The first kappa shape index (κ1) is 78.9. The maximum Gasteiger partial charge on any atom is 0.0630 e. The van der Waals surface area contributed by atoms with E-state index in [1.165, 1.54) is 27.8 Å². The third-order valence-electron chi connectivity index (χ3n) is 22.0. The maximum absolute atomic E-state index is 5.00. The van der Waals surface area contributed by atoms with Crippen molar-refractivity contribution in [2.75, 3.05) is 0 Å². The van der Waals surface area contributed by atoms with Crippen molar-refractivity contribution in [1.29, 1.82) is 0 Å². The van der Waals surface area contributed by atoms with Crippen LogP contribution in [0.5, 0.6) is 0 Å². The van der Waals surface area contributed by atoms with Gasteiger partial charge in [-0.1, -0.05) is 247 Å². The van der Waals surface area contributed by atoms with E-state index >= 15 is 0 Å². The molecule has 7 nitrogen and oxygen atoms in total. The molecule has 17 aromatic carbocycles. The van der Waals surface area contributed by atoms with Crippen molar-refractivity contribution in [3.8, 4) is 134 Å². The molecule has 0 spiro atoms. The van der Waals surface area contributed by atoms with Gasteiger partial charge < -0.3 is 0 Å². The third kappa shape index (κ3) is 19.5. The van der Waals surface area contributed by atoms with Crippen LogP contribution in [0.3, 0.4) is 0 Å². The largest absolute Gasteiger partial charge is 0.262 e. The van der Waals surface area contributed by atoms with Crippen LogP contribution >= 0.6 is 0 Å². The molecule has 17 rings (SSSR count). The highest BCUT2D eigenvalue weighted by Gasteiger charge is 2.15. The van der Waals surface area contributed by atoms with Gasteiger partial charge in [-0.15, -0.1) is 0 Å². The van der Waals surface area contributed by atoms with Gasteiger partial charge >= 0.3 is 0 Å². The van der Waals surface area contributed by atoms with Crippen LogP contribution in [0.25, 0.3) is 134 Å². The predicted molar refractivity (Wildman–Crippen MR) is 522 cm³/mol. The second-order valence-electron chi connectivity index (χ2n) is 30.7. The summed E-state index contributed by atoms with van der Waals surface area (Å²) in [7, 11) is 0. The fraction of sp³-hybridized carbons (Fsp3) is 0.0522. The average Bonchev–Trinajstić information content (AvgIpc) is 0.811. The average molecular weight is 1570 g/mol. The fourth-order valence-electron chi connectivity index (χ4n) is 15.2. The summed E-state index contributed by atoms with van der Waals surface area (Å²) in [6, 6.07) is 139. The maximum atomic E-state index is 5.00. The third-order valence-corrected chi connectivity index (χ3v) is 22.0. The molecule has 0 aliphatic carbocycles. The van der Waals surface area contributed by atoms with E-state index in [0.717, 1.165) is 184 Å². The van der Waals surface area contributed by atoms with Gasteiger partial charge in [0.25, 0.3) is 0 Å². The molecule has 0 heterocycles. The number of rotatable bonds is 23. The van der Waals surface area contributed by atoms with E-state index in [9.17, 15) is 0 Å². The molecule has 0 bridgehead atoms. The molecule has 0 unspecified atom stereocenters. The van der Waals surface area contributed by atoms with Gasteiger partial charge in [-0.3, -0.25) is 34.9 Å². The molecule has 0 amide bonds. The van der Waals surface area contributed by atoms with Crippen LogP contribution in [0.1, 0.15) is 59.7 Å². The Morgan fingerprint density at radius 3 is 0.393 bits per heavy atom. The number of hydrogen-bond donors (Lipinski definition) is 0. The van der Waals surface area contributed by atoms with Crippen molar-refractivity contribution in [2.45, 2.75) is 41.5 Å². The standard InChI is InChI=1S/C115H89N7/c1-7-116-109-50-36-91(37-51-109)103-68-104(92-38-52-110(53-39-92)117-8-2)70-106(69-103)94-42-56-113(57-43-94)120-75-82-20-32-89(33-21-82)101-64-98(86-26-12-79(5)13-27-86)65-102(67-101)90-34-22-84(23-35-90)77-122-115-60-46-96(47-61-115)108-72-105(93-40-54-111(55-41-93)118-9-3)71-107(73-108)95-44-58-114(59-45-95)121-76-83-18-30-88(31-19-83)100-63-97(85-24-10-78(4)11-25-85)62-99(66-100)87-28-16-81(17-29-87)74-119-112-48-14-80(6)15-49-112/h7-77H,1-6H3/b116-7+,117-8?,118-9?,119-74+,120-75+,121-76+,122-77+. The highest BCUT2D eigenvalue weighted by atomic mass is 14.7. The van der Waals surface area contributed by atoms with Crippen LogP contribution < -0.4 is 0 Å². The molecule has 122 heavy (non-hydrogen) atoms. The number of aliphatic imine (C=N–C) groups is 7. The number of nitrogens with zero attached hydrogens (tertiary/aromatic N) is 7. The summed E-state index contributed by atoms with van der Waals surface area (Å²) in [6.07, 6.45) is 13.2. The SMILES string of the molecule is CC=Nc1ccc(-c2cc(-c3ccc(/N=C/C)cc3)cc(-c3ccc(/N=C/c4ccc(-c5cc(-c6ccc(C)cc6)cc(-c6ccc(/C=N/c7ccc(-c8cc(-c9ccc(N=CC)cc9)cc(-c9ccc(/N=C/c%10ccc(-c%11cc(-c%12ccc(C)cc%12)cc(-c%12ccc(/C=N/c%13ccc(C)cc%13)cc%12)c%11)cc%10)cc9)c8)cc7)cc6)c5)cc4)cc3)c2)cc1. The quantitative estimate of drug-likeness (QED) is 0.0572. The smallest absolute Gasteiger partial charge is 0.0630 e. The topological polar surface area (TPSA) is 86.5 Å². The Bertz CT molecular complexity index is 6690. The Morgan fingerprint density at radius 2 is 0.246 bits per heavy atom. The molecule has 0 aliphatic heterocycles. The van der Waals surface area contributed by atoms with Gasteiger partial charge in [0.2, 0.25) is 0 Å². The Hall–Kier alpha value is -15.6. The minimum absolute atomic E-state index is 0.863. The van der Waals surface area contributed by atoms with Crippen molar-refractivity contribution in [3.63, 3.8) is 0 Å². The van der Waals surface area contributed by atoms with Crippen molar-refractivity contribution >= 4 is 83.3 Å². The second kappa shape index (κ2) is 36.9. The van der Waals surface area contributed by atoms with E-state index in [2.05, 4.69) is 412 Å². The molecule has 0 aliphatic rings. The molecule has 17 aromatic rings. The highest BCUT2D eigenvalue weighted by molar-refractivity contribution is 5.92. The van der Waals surface area contributed by atoms with E-state index < -0.39 is 0 Å². The van der Waals surface area contributed by atoms with Crippen LogP contribution in [0.2, 0.25) is 0 Å². The molecule has 0 radical (unpaired) electrons. The van der Waals surface area contributed by atoms with Gasteiger partial charge in [0.15, 0.2) is 0 Å². The zero-order chi connectivity index (χ0) is 83.1. The van der Waals surface area contributed by atoms with Crippen molar-refractivity contribution < 1.29 is 0 Å². The molecule has 0 atom stereocenters. The van der Waals surface area contributed by atoms with Gasteiger partial charge in [0, 0.05) is 43.5 Å². The predicted octanol–water partition coefficient (Wildman–Crippen LogP) is 31.8. The lowest BCUT2D eigenvalue weighted by Crippen LogP contribution is -1.88. The van der Waals surface area contributed by atoms with Gasteiger partial charge in [0.05, 0.1) is 39.8 Å². The van der Waals surface area contributed by atoms with Gasteiger partial charge in [-0.05, 0) is 355 Å². The van der Waals surface area contributed by atoms with Gasteiger partial charge in [-0.25, -0.2) is 0 Å². The summed E-state index contributed by atoms with van der Waals surface area (Å²) >= 11 is 0. The Balaban J connectivity index is 0.571. The Morgan fingerprint density at radius 1 is 0.131 bits per heavy atom. The van der Waals surface area contributed by atoms with E-state index in [-0.39, 0.29) is 0 Å². The summed E-state index contributed by atoms with van der Waals surface area (Å²) < 4.78 is 0. The zero-order valence-electron chi connectivity index (χ0n) is 69.1. The molecule has 7 heteroatoms. The van der Waals surface area contributed by atoms with Crippen molar-refractivity contribution in [3.05, 3.63) is 427 Å². The number of benzene rings is 17. The first-order valence-corrected chi connectivity index (χ1v) is 41.4. The van der Waals surface area contributed by atoms with E-state index in [0.29, 0.717) is 0 Å². The molecule has 0 aromatic heterocycles. The second-order valence-corrected chi connectivity index (χ2v) is 30.7. The molecular formula is C115H89N7. The van der Waals surface area contributed by atoms with Crippen molar-refractivity contribution in [2.24, 2.45) is 34.9 Å². The summed E-state index contributed by atoms with van der Waals surface area (Å²) in [6.45, 7) is 12.2. The highest BCUT2D eigenvalue weighted by Crippen LogP contribution is 2.41. The fourth-order valence-corrected chi connectivity index (χ4v) is 15.2. The first-order chi connectivity index (χ1) is 59.9. The summed E-state index contributed by atoms with van der Waals surface area (Å²) in [5, 5.41) is 0. The Kier molecular flexibility index (Phi) is 23.9. The molecule has 584 valence electrons. The van der Waals surface area contributed by atoms with Gasteiger partial charge in [-0.2, -0.15) is 0 Å². The van der Waals surface area contributed by atoms with Crippen LogP contribution in [0.15, 0.2) is 423 Å². The van der Waals surface area contributed by atoms with Gasteiger partial charge in [0.1, 0.15) is 0 Å². The van der Waals surface area contributed by atoms with Crippen LogP contribution in [0, 0.1) is 20.8 Å². The lowest BCUT2D eigenvalue weighted by molar-refractivity contribution is 1.44. The number of aryl methyl sites for hydroxylation is 3. The Labute approximate surface area is 715 Å². The van der Waals surface area contributed by atoms with Crippen LogP contribution in [0.4, 0.5) is 39.8 Å². The number of hydrogen-bond acceptors (Lipinski definition) is 7. The van der Waals surface area contributed by atoms with Crippen molar-refractivity contribution in [1.82, 2.24) is 0 Å². The molecule has 0 N–H and O–H groups in total. The monoisotopic (exact) mass is 1570 g/mol. The van der Waals surface area contributed by atoms with E-state index in [1.54, 1.807) is 0 Å². The van der Waals surface area contributed by atoms with Crippen LogP contribution in [-0.2, 0) is 0 Å². The minimum Gasteiger partial charge on any atom is -0.262 e. The lowest BCUT2D eigenvalue weighted by atomic mass is 9.92. The van der Waals surface area contributed by atoms with E-state index in [4.69, 9.17) is 20.0 Å². The summed E-state index contributed by atoms with van der Waals surface area (Å²) in [5.74, 6) is 0. The molecule has 0 saturated carbocycles. The lowest BCUT2D eigenvalue weighted by Gasteiger charge is -2.12. The molecule has 0 fully saturated rings. The minimum atomic E-state index is 0.863. The summed E-state index contributed by atoms with van der Waals surface area (Å²) in [5.41, 5.74) is 41.1. The summed E-state index contributed by atoms with van der Waals surface area (Å²) in [4.78, 5) is 33.1. The molecular weight excluding hydrogens is 1480 g/mol.